The van der Waals surface area contributed by atoms with Crippen LogP contribution in [0.2, 0.25) is 0 Å². The first-order valence-corrected chi connectivity index (χ1v) is 6.84. The zero-order valence-corrected chi connectivity index (χ0v) is 12.9. The van der Waals surface area contributed by atoms with Crippen molar-refractivity contribution < 1.29 is 14.2 Å². The molecule has 0 heterocycles. The van der Waals surface area contributed by atoms with Gasteiger partial charge in [0, 0.05) is 6.54 Å². The van der Waals surface area contributed by atoms with Crippen LogP contribution in [0.15, 0.2) is 12.1 Å². The lowest BCUT2D eigenvalue weighted by molar-refractivity contribution is 0.254. The topological polar surface area (TPSA) is 57.0 Å². The molecule has 0 fully saturated rings. The van der Waals surface area contributed by atoms with Gasteiger partial charge in [0.05, 0.1) is 20.8 Å². The van der Waals surface area contributed by atoms with Crippen LogP contribution in [-0.4, -0.2) is 52.9 Å². The molecule has 5 heteroatoms. The first kappa shape index (κ1) is 16.6. The van der Waals surface area contributed by atoms with Crippen LogP contribution in [0, 0.1) is 0 Å². The Morgan fingerprint density at radius 1 is 1.10 bits per heavy atom. The third-order valence-corrected chi connectivity index (χ3v) is 2.95. The largest absolute Gasteiger partial charge is 0.493 e. The van der Waals surface area contributed by atoms with Gasteiger partial charge in [-0.1, -0.05) is 0 Å². The van der Waals surface area contributed by atoms with Gasteiger partial charge in [-0.2, -0.15) is 0 Å². The van der Waals surface area contributed by atoms with Gasteiger partial charge in [-0.25, -0.2) is 0 Å². The van der Waals surface area contributed by atoms with Crippen molar-refractivity contribution in [3.63, 3.8) is 0 Å². The fourth-order valence-electron chi connectivity index (χ4n) is 1.94. The zero-order valence-electron chi connectivity index (χ0n) is 12.9. The second-order valence-electron chi connectivity index (χ2n) is 4.87. The van der Waals surface area contributed by atoms with Crippen molar-refractivity contribution in [1.29, 1.82) is 0 Å². The molecule has 0 spiro atoms. The minimum atomic E-state index is 0.593. The molecule has 114 valence electrons. The molecule has 2 N–H and O–H groups in total. The van der Waals surface area contributed by atoms with Crippen molar-refractivity contribution in [2.45, 2.75) is 12.8 Å². The van der Waals surface area contributed by atoms with Crippen LogP contribution in [0.25, 0.3) is 0 Å². The first-order chi connectivity index (χ1) is 9.62. The zero-order chi connectivity index (χ0) is 15.0. The Balaban J connectivity index is 2.81. The van der Waals surface area contributed by atoms with E-state index in [1.807, 2.05) is 26.2 Å². The van der Waals surface area contributed by atoms with Crippen LogP contribution >= 0.6 is 0 Å². The maximum atomic E-state index is 5.83. The van der Waals surface area contributed by atoms with Crippen molar-refractivity contribution in [3.05, 3.63) is 17.7 Å². The molecule has 5 nitrogen and oxygen atoms in total. The molecule has 0 aliphatic heterocycles. The molecule has 1 rings (SSSR count). The second kappa shape index (κ2) is 8.66. The lowest BCUT2D eigenvalue weighted by Gasteiger charge is -2.16. The maximum absolute atomic E-state index is 5.83. The highest BCUT2D eigenvalue weighted by Crippen LogP contribution is 2.38. The molecule has 0 amide bonds. The highest BCUT2D eigenvalue weighted by Gasteiger charge is 2.14. The Morgan fingerprint density at radius 2 is 1.70 bits per heavy atom. The van der Waals surface area contributed by atoms with E-state index in [1.165, 1.54) is 0 Å². The van der Waals surface area contributed by atoms with Crippen LogP contribution in [0.3, 0.4) is 0 Å². The third-order valence-electron chi connectivity index (χ3n) is 2.95. The summed E-state index contributed by atoms with van der Waals surface area (Å²) in [4.78, 5) is 2.13. The monoisotopic (exact) mass is 282 g/mol. The highest BCUT2D eigenvalue weighted by molar-refractivity contribution is 5.54. The van der Waals surface area contributed by atoms with Gasteiger partial charge in [0.15, 0.2) is 11.5 Å². The van der Waals surface area contributed by atoms with E-state index in [0.717, 1.165) is 24.9 Å². The molecule has 0 atom stereocenters. The Hall–Kier alpha value is -1.46. The SMILES string of the molecule is COc1cc(CCN)cc(OC)c1OCCCN(C)C. The van der Waals surface area contributed by atoms with E-state index in [-0.39, 0.29) is 0 Å². The lowest BCUT2D eigenvalue weighted by atomic mass is 10.1. The molecular weight excluding hydrogens is 256 g/mol. The van der Waals surface area contributed by atoms with Gasteiger partial charge in [-0.15, -0.1) is 0 Å². The standard InChI is InChI=1S/C15H26N2O3/c1-17(2)8-5-9-20-15-13(18-3)10-12(6-7-16)11-14(15)19-4/h10-11H,5-9,16H2,1-4H3. The second-order valence-corrected chi connectivity index (χ2v) is 4.87. The third kappa shape index (κ3) is 4.90. The lowest BCUT2D eigenvalue weighted by Crippen LogP contribution is -2.15. The summed E-state index contributed by atoms with van der Waals surface area (Å²) < 4.78 is 16.6. The van der Waals surface area contributed by atoms with E-state index in [2.05, 4.69) is 4.90 Å². The van der Waals surface area contributed by atoms with Gasteiger partial charge in [0.25, 0.3) is 0 Å². The van der Waals surface area contributed by atoms with Gasteiger partial charge in [-0.05, 0) is 51.2 Å². The van der Waals surface area contributed by atoms with E-state index in [4.69, 9.17) is 19.9 Å². The summed E-state index contributed by atoms with van der Waals surface area (Å²) in [5.41, 5.74) is 6.68. The minimum Gasteiger partial charge on any atom is -0.493 e. The van der Waals surface area contributed by atoms with Crippen molar-refractivity contribution in [2.75, 3.05) is 48.0 Å². The Labute approximate surface area is 121 Å². The Morgan fingerprint density at radius 3 is 2.15 bits per heavy atom. The molecule has 0 aliphatic rings. The molecule has 20 heavy (non-hydrogen) atoms. The smallest absolute Gasteiger partial charge is 0.203 e. The highest BCUT2D eigenvalue weighted by atomic mass is 16.5. The summed E-state index contributed by atoms with van der Waals surface area (Å²) in [6, 6.07) is 3.91. The summed E-state index contributed by atoms with van der Waals surface area (Å²) in [5.74, 6) is 2.05. The number of ether oxygens (including phenoxy) is 3. The molecule has 0 aromatic heterocycles. The van der Waals surface area contributed by atoms with E-state index < -0.39 is 0 Å². The molecular formula is C15H26N2O3. The molecule has 0 unspecified atom stereocenters. The van der Waals surface area contributed by atoms with Crippen LogP contribution in [0.1, 0.15) is 12.0 Å². The van der Waals surface area contributed by atoms with E-state index in [0.29, 0.717) is 30.4 Å². The number of benzene rings is 1. The summed E-state index contributed by atoms with van der Waals surface area (Å²) in [6.07, 6.45) is 1.73. The van der Waals surface area contributed by atoms with Crippen LogP contribution in [-0.2, 0) is 6.42 Å². The summed E-state index contributed by atoms with van der Waals surface area (Å²) >= 11 is 0. The number of methoxy groups -OCH3 is 2. The van der Waals surface area contributed by atoms with Gasteiger partial charge >= 0.3 is 0 Å². The number of hydrogen-bond donors (Lipinski definition) is 1. The number of hydrogen-bond acceptors (Lipinski definition) is 5. The summed E-state index contributed by atoms with van der Waals surface area (Å²) in [5, 5.41) is 0. The fraction of sp³-hybridized carbons (Fsp3) is 0.600. The molecule has 0 radical (unpaired) electrons. The van der Waals surface area contributed by atoms with Crippen molar-refractivity contribution >= 4 is 0 Å². The molecule has 0 bridgehead atoms. The summed E-state index contributed by atoms with van der Waals surface area (Å²) in [6.45, 7) is 2.20. The number of nitrogens with two attached hydrogens (primary N) is 1. The van der Waals surface area contributed by atoms with Gasteiger partial charge in [-0.3, -0.25) is 0 Å². The van der Waals surface area contributed by atoms with Crippen molar-refractivity contribution in [2.24, 2.45) is 5.73 Å². The molecule has 0 saturated heterocycles. The van der Waals surface area contributed by atoms with Crippen LogP contribution < -0.4 is 19.9 Å². The van der Waals surface area contributed by atoms with Crippen molar-refractivity contribution in [3.8, 4) is 17.2 Å². The van der Waals surface area contributed by atoms with Crippen LogP contribution in [0.4, 0.5) is 0 Å². The normalized spacial score (nSPS) is 10.7. The molecule has 0 saturated carbocycles. The first-order valence-electron chi connectivity index (χ1n) is 6.84. The predicted molar refractivity (Wildman–Crippen MR) is 81.0 cm³/mol. The Bertz CT molecular complexity index is 383. The fourth-order valence-corrected chi connectivity index (χ4v) is 1.94. The molecule has 1 aromatic rings. The Kier molecular flexibility index (Phi) is 7.18. The minimum absolute atomic E-state index is 0.593. The van der Waals surface area contributed by atoms with E-state index in [1.54, 1.807) is 14.2 Å². The summed E-state index contributed by atoms with van der Waals surface area (Å²) in [7, 11) is 7.35. The quantitative estimate of drug-likeness (QED) is 0.696. The average molecular weight is 282 g/mol. The van der Waals surface area contributed by atoms with Gasteiger partial charge in [0.1, 0.15) is 0 Å². The number of rotatable bonds is 9. The predicted octanol–water partition coefficient (Wildman–Crippen LogP) is 1.54. The van der Waals surface area contributed by atoms with E-state index in [9.17, 15) is 0 Å². The molecule has 1 aromatic carbocycles. The van der Waals surface area contributed by atoms with Crippen LogP contribution in [0.5, 0.6) is 17.2 Å². The number of nitrogens with zero attached hydrogens (tertiary/aromatic N) is 1. The van der Waals surface area contributed by atoms with Crippen molar-refractivity contribution in [1.82, 2.24) is 4.90 Å². The molecule has 0 aliphatic carbocycles. The van der Waals surface area contributed by atoms with Gasteiger partial charge in [0.2, 0.25) is 5.75 Å². The van der Waals surface area contributed by atoms with Gasteiger partial charge < -0.3 is 24.8 Å². The van der Waals surface area contributed by atoms with E-state index >= 15 is 0 Å². The maximum Gasteiger partial charge on any atom is 0.203 e. The average Bonchev–Trinajstić information content (AvgIpc) is 2.43.